The summed E-state index contributed by atoms with van der Waals surface area (Å²) in [6.07, 6.45) is 1.54. The summed E-state index contributed by atoms with van der Waals surface area (Å²) >= 11 is 1.10. The maximum Gasteiger partial charge on any atom is 0.319 e. The number of alkyl halides is 1. The minimum atomic E-state index is -0.843. The van der Waals surface area contributed by atoms with Crippen molar-refractivity contribution < 1.29 is 18.3 Å². The molecule has 10 nitrogen and oxygen atoms in total. The average Bonchev–Trinajstić information content (AvgIpc) is 3.63. The molecular formula is C27H30F2N8O2S. The number of nitrogen functional groups attached to an aromatic ring is 1. The van der Waals surface area contributed by atoms with Gasteiger partial charge in [0.05, 0.1) is 28.4 Å². The standard InChI is InChI=1S/C27H30F2N8O2S/c1-38-24-17(16-3-4-18(29)22-20(16)34-25(30)40-22)11-19-21(33-24)23(36-9-6-31-7-10-36)35-26(32-19)39-14-27-5-2-8-37(27)13-15(28)12-27/h3-4,11,15,31H,2,5-10,12-14H2,1H3,(H2,30,34)/t15-,27+/m1/s1. The molecule has 40 heavy (non-hydrogen) atoms. The first-order valence-electron chi connectivity index (χ1n) is 13.5. The van der Waals surface area contributed by atoms with Gasteiger partial charge in [-0.3, -0.25) is 4.90 Å². The van der Waals surface area contributed by atoms with Crippen LogP contribution in [0.1, 0.15) is 19.3 Å². The Balaban J connectivity index is 1.34. The highest BCUT2D eigenvalue weighted by atomic mass is 32.1. The van der Waals surface area contributed by atoms with E-state index < -0.39 is 6.17 Å². The summed E-state index contributed by atoms with van der Waals surface area (Å²) in [7, 11) is 1.54. The Morgan fingerprint density at radius 2 is 1.98 bits per heavy atom. The second kappa shape index (κ2) is 9.89. The van der Waals surface area contributed by atoms with Gasteiger partial charge in [0, 0.05) is 50.3 Å². The number of fused-ring (bicyclic) bond motifs is 3. The second-order valence-corrected chi connectivity index (χ2v) is 11.7. The Kier molecular flexibility index (Phi) is 6.32. The highest BCUT2D eigenvalue weighted by Crippen LogP contribution is 2.42. The van der Waals surface area contributed by atoms with Gasteiger partial charge >= 0.3 is 6.01 Å². The van der Waals surface area contributed by atoms with E-state index in [-0.39, 0.29) is 22.5 Å². The second-order valence-electron chi connectivity index (χ2n) is 10.7. The fourth-order valence-electron chi connectivity index (χ4n) is 6.37. The number of anilines is 2. The smallest absolute Gasteiger partial charge is 0.319 e. The van der Waals surface area contributed by atoms with E-state index in [2.05, 4.69) is 20.1 Å². The summed E-state index contributed by atoms with van der Waals surface area (Å²) in [4.78, 5) is 23.2. The zero-order valence-corrected chi connectivity index (χ0v) is 22.9. The Morgan fingerprint density at radius 1 is 1.12 bits per heavy atom. The molecule has 0 amide bonds. The fraction of sp³-hybridized carbons (Fsp3) is 0.481. The minimum absolute atomic E-state index is 0.227. The van der Waals surface area contributed by atoms with E-state index in [1.165, 1.54) is 6.07 Å². The van der Waals surface area contributed by atoms with Crippen LogP contribution in [0.4, 0.5) is 19.7 Å². The van der Waals surface area contributed by atoms with Crippen LogP contribution in [0.5, 0.6) is 11.9 Å². The number of thiazole rings is 1. The summed E-state index contributed by atoms with van der Waals surface area (Å²) in [5.41, 5.74) is 8.45. The first kappa shape index (κ1) is 25.5. The van der Waals surface area contributed by atoms with Crippen molar-refractivity contribution in [2.75, 3.05) is 63.6 Å². The van der Waals surface area contributed by atoms with E-state index in [0.29, 0.717) is 63.6 Å². The maximum absolute atomic E-state index is 14.6. The van der Waals surface area contributed by atoms with E-state index in [9.17, 15) is 8.78 Å². The predicted octanol–water partition coefficient (Wildman–Crippen LogP) is 3.40. The van der Waals surface area contributed by atoms with E-state index in [1.807, 2.05) is 6.07 Å². The molecule has 3 N–H and O–H groups in total. The monoisotopic (exact) mass is 568 g/mol. The number of pyridine rings is 1. The van der Waals surface area contributed by atoms with Gasteiger partial charge in [0.1, 0.15) is 24.1 Å². The summed E-state index contributed by atoms with van der Waals surface area (Å²) in [5, 5.41) is 3.64. The number of aromatic nitrogens is 4. The number of nitrogens with two attached hydrogens (primary N) is 1. The number of nitrogens with one attached hydrogen (secondary N) is 1. The van der Waals surface area contributed by atoms with Crippen molar-refractivity contribution in [3.05, 3.63) is 24.0 Å². The molecule has 0 saturated carbocycles. The van der Waals surface area contributed by atoms with Crippen molar-refractivity contribution in [1.29, 1.82) is 0 Å². The molecule has 2 atom stereocenters. The molecule has 3 aromatic heterocycles. The molecule has 7 rings (SSSR count). The quantitative estimate of drug-likeness (QED) is 0.359. The van der Waals surface area contributed by atoms with Gasteiger partial charge in [-0.2, -0.15) is 9.97 Å². The molecule has 3 fully saturated rings. The van der Waals surface area contributed by atoms with Gasteiger partial charge in [-0.15, -0.1) is 0 Å². The topological polar surface area (TPSA) is 115 Å². The molecule has 210 valence electrons. The van der Waals surface area contributed by atoms with Crippen LogP contribution < -0.4 is 25.4 Å². The third-order valence-corrected chi connectivity index (χ3v) is 9.13. The fourth-order valence-corrected chi connectivity index (χ4v) is 7.14. The zero-order chi connectivity index (χ0) is 27.4. The molecule has 0 bridgehead atoms. The van der Waals surface area contributed by atoms with Crippen LogP contribution in [0.25, 0.3) is 32.4 Å². The molecule has 1 aromatic carbocycles. The highest BCUT2D eigenvalue weighted by molar-refractivity contribution is 7.22. The van der Waals surface area contributed by atoms with Crippen LogP contribution in [-0.4, -0.2) is 89.5 Å². The van der Waals surface area contributed by atoms with Crippen LogP contribution in [0.15, 0.2) is 18.2 Å². The molecule has 13 heteroatoms. The number of rotatable bonds is 6. The normalized spacial score (nSPS) is 23.3. The molecule has 3 aliphatic rings. The first-order chi connectivity index (χ1) is 19.4. The number of nitrogens with zero attached hydrogens (tertiary/aromatic N) is 6. The summed E-state index contributed by atoms with van der Waals surface area (Å²) in [6, 6.07) is 5.13. The van der Waals surface area contributed by atoms with Gasteiger partial charge < -0.3 is 25.4 Å². The molecular weight excluding hydrogens is 538 g/mol. The lowest BCUT2D eigenvalue weighted by molar-refractivity contribution is 0.107. The van der Waals surface area contributed by atoms with Crippen molar-refractivity contribution in [3.8, 4) is 23.0 Å². The number of hydrogen-bond acceptors (Lipinski definition) is 11. The SMILES string of the molecule is COc1nc2c(N3CCNCC3)nc(OC[C@@]34CCCN3C[C@H](F)C4)nc2cc1-c1ccc(F)c2sc(N)nc12. The van der Waals surface area contributed by atoms with E-state index in [4.69, 9.17) is 30.2 Å². The minimum Gasteiger partial charge on any atom is -0.481 e. The molecule has 4 aromatic rings. The molecule has 6 heterocycles. The van der Waals surface area contributed by atoms with E-state index in [1.54, 1.807) is 13.2 Å². The molecule has 0 spiro atoms. The Hall–Kier alpha value is -3.42. The van der Waals surface area contributed by atoms with Crippen LogP contribution >= 0.6 is 11.3 Å². The summed E-state index contributed by atoms with van der Waals surface area (Å²) in [5.74, 6) is 0.618. The lowest BCUT2D eigenvalue weighted by atomic mass is 9.95. The van der Waals surface area contributed by atoms with Crippen LogP contribution in [0.3, 0.4) is 0 Å². The zero-order valence-electron chi connectivity index (χ0n) is 22.1. The number of piperazine rings is 1. The van der Waals surface area contributed by atoms with Gasteiger partial charge in [-0.25, -0.2) is 18.7 Å². The summed E-state index contributed by atoms with van der Waals surface area (Å²) in [6.45, 7) is 4.78. The van der Waals surface area contributed by atoms with Crippen molar-refractivity contribution >= 4 is 43.5 Å². The Morgan fingerprint density at radius 3 is 2.80 bits per heavy atom. The third-order valence-electron chi connectivity index (χ3n) is 8.24. The van der Waals surface area contributed by atoms with Crippen molar-refractivity contribution in [3.63, 3.8) is 0 Å². The molecule has 3 aliphatic heterocycles. The molecule has 0 unspecified atom stereocenters. The maximum atomic E-state index is 14.6. The van der Waals surface area contributed by atoms with Gasteiger partial charge in [0.25, 0.3) is 0 Å². The van der Waals surface area contributed by atoms with Crippen molar-refractivity contribution in [2.45, 2.75) is 31.0 Å². The van der Waals surface area contributed by atoms with Gasteiger partial charge in [-0.1, -0.05) is 11.3 Å². The van der Waals surface area contributed by atoms with Crippen molar-refractivity contribution in [2.24, 2.45) is 0 Å². The number of methoxy groups -OCH3 is 1. The molecule has 0 radical (unpaired) electrons. The number of halogens is 2. The average molecular weight is 569 g/mol. The van der Waals surface area contributed by atoms with E-state index in [0.717, 1.165) is 56.9 Å². The molecule has 3 saturated heterocycles. The van der Waals surface area contributed by atoms with Gasteiger partial charge in [0.15, 0.2) is 10.9 Å². The molecule has 0 aliphatic carbocycles. The lowest BCUT2D eigenvalue weighted by Crippen LogP contribution is -2.44. The number of benzene rings is 1. The van der Waals surface area contributed by atoms with Crippen LogP contribution in [0, 0.1) is 5.82 Å². The van der Waals surface area contributed by atoms with Gasteiger partial charge in [-0.05, 0) is 37.6 Å². The Labute approximate surface area is 233 Å². The van der Waals surface area contributed by atoms with Crippen LogP contribution in [0.2, 0.25) is 0 Å². The summed E-state index contributed by atoms with van der Waals surface area (Å²) < 4.78 is 41.3. The predicted molar refractivity (Wildman–Crippen MR) is 150 cm³/mol. The van der Waals surface area contributed by atoms with E-state index >= 15 is 0 Å². The third kappa shape index (κ3) is 4.27. The first-order valence-corrected chi connectivity index (χ1v) is 14.3. The highest BCUT2D eigenvalue weighted by Gasteiger charge is 2.49. The largest absolute Gasteiger partial charge is 0.481 e. The Bertz CT molecular complexity index is 1600. The van der Waals surface area contributed by atoms with Crippen LogP contribution in [-0.2, 0) is 0 Å². The van der Waals surface area contributed by atoms with Gasteiger partial charge in [0.2, 0.25) is 5.88 Å². The number of ether oxygens (including phenoxy) is 2. The lowest BCUT2D eigenvalue weighted by Gasteiger charge is -2.31. The van der Waals surface area contributed by atoms with Crippen molar-refractivity contribution in [1.82, 2.24) is 30.2 Å². The number of hydrogen-bond donors (Lipinski definition) is 2.